The number of methoxy groups -OCH3 is 1. The van der Waals surface area contributed by atoms with Gasteiger partial charge in [0, 0.05) is 38.8 Å². The van der Waals surface area contributed by atoms with E-state index in [0.717, 1.165) is 6.42 Å². The maximum atomic E-state index is 14.9. The van der Waals surface area contributed by atoms with E-state index in [9.17, 15) is 24.3 Å². The lowest BCUT2D eigenvalue weighted by molar-refractivity contribution is -0.162. The molecule has 274 valence electrons. The van der Waals surface area contributed by atoms with Gasteiger partial charge in [-0.15, -0.1) is 0 Å². The molecule has 0 bridgehead atoms. The Morgan fingerprint density at radius 1 is 1.00 bits per heavy atom. The number of amides is 3. The molecule has 5 rings (SSSR count). The van der Waals surface area contributed by atoms with Crippen molar-refractivity contribution in [3.8, 4) is 0 Å². The monoisotopic (exact) mass is 693 g/mol. The van der Waals surface area contributed by atoms with Gasteiger partial charge in [-0.25, -0.2) is 0 Å². The van der Waals surface area contributed by atoms with Crippen LogP contribution in [0, 0.1) is 17.3 Å². The van der Waals surface area contributed by atoms with Crippen molar-refractivity contribution in [1.82, 2.24) is 15.1 Å². The average molecular weight is 694 g/mol. The third kappa shape index (κ3) is 7.70. The summed E-state index contributed by atoms with van der Waals surface area (Å²) in [5.74, 6) is -3.47. The Morgan fingerprint density at radius 3 is 2.42 bits per heavy atom. The van der Waals surface area contributed by atoms with E-state index >= 15 is 0 Å². The number of carbonyl (C=O) groups is 4. The van der Waals surface area contributed by atoms with Gasteiger partial charge in [0.05, 0.1) is 24.7 Å². The molecule has 3 amide bonds. The van der Waals surface area contributed by atoms with Crippen molar-refractivity contribution in [3.05, 3.63) is 60.2 Å². The van der Waals surface area contributed by atoms with Gasteiger partial charge in [0.25, 0.3) is 0 Å². The van der Waals surface area contributed by atoms with Gasteiger partial charge in [0.1, 0.15) is 23.7 Å². The van der Waals surface area contributed by atoms with Crippen molar-refractivity contribution in [3.63, 3.8) is 0 Å². The lowest BCUT2D eigenvalue weighted by atomic mass is 9.77. The SMILES string of the molecule is COC[C@@H]1NC(=O)CC/C=C\[C@@H]2O[C@@]34C=CCN(C(C)(C)CC(C)(C)C)C(=O)[C@@H]3N(CCCCCO)C(=O)[C@H]4[C@@H]2C(=O)O[C@H]1c1ccccc1. The summed E-state index contributed by atoms with van der Waals surface area (Å²) in [6, 6.07) is 7.49. The first-order valence-corrected chi connectivity index (χ1v) is 18.0. The van der Waals surface area contributed by atoms with Gasteiger partial charge in [-0.1, -0.05) is 75.4 Å². The first-order valence-electron chi connectivity index (χ1n) is 18.0. The van der Waals surface area contributed by atoms with Crippen LogP contribution in [0.15, 0.2) is 54.6 Å². The van der Waals surface area contributed by atoms with Crippen LogP contribution in [0.25, 0.3) is 0 Å². The number of allylic oxidation sites excluding steroid dienone is 1. The van der Waals surface area contributed by atoms with Crippen molar-refractivity contribution >= 4 is 23.7 Å². The first kappa shape index (κ1) is 37.7. The normalized spacial score (nSPS) is 31.2. The Morgan fingerprint density at radius 2 is 1.74 bits per heavy atom. The van der Waals surface area contributed by atoms with Crippen LogP contribution >= 0.6 is 0 Å². The number of esters is 1. The molecule has 11 heteroatoms. The van der Waals surface area contributed by atoms with Gasteiger partial charge in [0.15, 0.2) is 0 Å². The largest absolute Gasteiger partial charge is 0.455 e. The van der Waals surface area contributed by atoms with E-state index in [-0.39, 0.29) is 49.3 Å². The van der Waals surface area contributed by atoms with Gasteiger partial charge in [-0.05, 0) is 56.9 Å². The average Bonchev–Trinajstić information content (AvgIpc) is 3.42. The number of aliphatic hydroxyl groups excluding tert-OH is 1. The predicted molar refractivity (Wildman–Crippen MR) is 187 cm³/mol. The van der Waals surface area contributed by atoms with Crippen LogP contribution in [-0.2, 0) is 33.4 Å². The standard InChI is InChI=1S/C39H55N3O8/c1-37(2,3)25-38(4,5)42-22-15-20-39-31(34(45)41(33(39)35(42)46)21-13-8-14-23-43)30-28(50-39)18-11-12-19-29(44)40-27(24-48-6)32(49-36(30)47)26-16-9-7-10-17-26/h7,9-11,15-18,20,27-28,30-33,43H,8,12-14,19,21-25H2,1-6H3,(H,40,44)/b18-11-/t27-,28-,30+,31+,32-,33-,39+/m0/s1. The van der Waals surface area contributed by atoms with Crippen molar-refractivity contribution in [2.45, 2.75) is 109 Å². The number of hydrogen-bond acceptors (Lipinski definition) is 8. The Hall–Kier alpha value is -3.54. The molecule has 0 unspecified atom stereocenters. The van der Waals surface area contributed by atoms with E-state index in [4.69, 9.17) is 14.2 Å². The van der Waals surface area contributed by atoms with Crippen LogP contribution in [0.2, 0.25) is 0 Å². The molecule has 2 N–H and O–H groups in total. The van der Waals surface area contributed by atoms with E-state index in [1.54, 1.807) is 17.1 Å². The number of unbranched alkanes of at least 4 members (excludes halogenated alkanes) is 2. The fourth-order valence-corrected chi connectivity index (χ4v) is 8.64. The van der Waals surface area contributed by atoms with Crippen LogP contribution in [-0.4, -0.2) is 101 Å². The van der Waals surface area contributed by atoms with Gasteiger partial charge in [-0.2, -0.15) is 0 Å². The highest BCUT2D eigenvalue weighted by molar-refractivity contribution is 5.99. The molecule has 0 saturated carbocycles. The number of rotatable bonds is 10. The number of hydrogen-bond donors (Lipinski definition) is 2. The summed E-state index contributed by atoms with van der Waals surface area (Å²) in [6.07, 6.45) is 8.67. The predicted octanol–water partition coefficient (Wildman–Crippen LogP) is 4.11. The second-order valence-corrected chi connectivity index (χ2v) is 15.9. The van der Waals surface area contributed by atoms with Crippen LogP contribution in [0.4, 0.5) is 0 Å². The lowest BCUT2D eigenvalue weighted by Crippen LogP contribution is -2.59. The van der Waals surface area contributed by atoms with Gasteiger partial charge < -0.3 is 34.4 Å². The quantitative estimate of drug-likeness (QED) is 0.213. The molecule has 4 aliphatic rings. The molecule has 0 radical (unpaired) electrons. The summed E-state index contributed by atoms with van der Waals surface area (Å²) in [5.41, 5.74) is -1.36. The summed E-state index contributed by atoms with van der Waals surface area (Å²) in [5, 5.41) is 12.4. The molecule has 0 aromatic heterocycles. The van der Waals surface area contributed by atoms with Crippen LogP contribution in [0.3, 0.4) is 0 Å². The molecular formula is C39H55N3O8. The third-order valence-electron chi connectivity index (χ3n) is 10.3. The molecule has 4 heterocycles. The maximum absolute atomic E-state index is 14.9. The van der Waals surface area contributed by atoms with E-state index in [1.807, 2.05) is 47.4 Å². The number of nitrogens with zero attached hydrogens (tertiary/aromatic N) is 2. The number of likely N-dealkylation sites (tertiary alicyclic amines) is 1. The molecule has 11 nitrogen and oxygen atoms in total. The highest BCUT2D eigenvalue weighted by atomic mass is 16.6. The lowest BCUT2D eigenvalue weighted by Gasteiger charge is -2.44. The van der Waals surface area contributed by atoms with Crippen LogP contribution < -0.4 is 5.32 Å². The number of benzene rings is 1. The second kappa shape index (κ2) is 15.4. The Bertz CT molecular complexity index is 1450. The number of ether oxygens (including phenoxy) is 3. The molecule has 1 aromatic rings. The Balaban J connectivity index is 1.60. The molecule has 7 atom stereocenters. The zero-order chi connectivity index (χ0) is 36.3. The summed E-state index contributed by atoms with van der Waals surface area (Å²) in [6.45, 7) is 11.3. The Labute approximate surface area is 296 Å². The smallest absolute Gasteiger partial charge is 0.313 e. The summed E-state index contributed by atoms with van der Waals surface area (Å²) in [4.78, 5) is 60.8. The number of cyclic esters (lactones) is 1. The number of fused-ring (bicyclic) bond motifs is 2. The van der Waals surface area contributed by atoms with Crippen LogP contribution in [0.1, 0.15) is 84.8 Å². The van der Waals surface area contributed by atoms with Crippen molar-refractivity contribution in [2.24, 2.45) is 17.3 Å². The van der Waals surface area contributed by atoms with E-state index < -0.39 is 53.2 Å². The molecular weight excluding hydrogens is 638 g/mol. The van der Waals surface area contributed by atoms with Gasteiger partial charge in [0.2, 0.25) is 17.7 Å². The fourth-order valence-electron chi connectivity index (χ4n) is 8.64. The topological polar surface area (TPSA) is 135 Å². The minimum absolute atomic E-state index is 0.0402. The highest BCUT2D eigenvalue weighted by Crippen LogP contribution is 2.54. The second-order valence-electron chi connectivity index (χ2n) is 15.9. The van der Waals surface area contributed by atoms with Crippen molar-refractivity contribution in [2.75, 3.05) is 33.4 Å². The van der Waals surface area contributed by atoms with Gasteiger partial charge >= 0.3 is 5.97 Å². The van der Waals surface area contributed by atoms with E-state index in [1.165, 1.54) is 7.11 Å². The minimum atomic E-state index is -1.42. The van der Waals surface area contributed by atoms with Crippen molar-refractivity contribution < 1.29 is 38.5 Å². The molecule has 0 aliphatic carbocycles. The molecule has 50 heavy (non-hydrogen) atoms. The van der Waals surface area contributed by atoms with Gasteiger partial charge in [-0.3, -0.25) is 19.2 Å². The minimum Gasteiger partial charge on any atom is -0.455 e. The first-order chi connectivity index (χ1) is 23.7. The molecule has 2 saturated heterocycles. The third-order valence-corrected chi connectivity index (χ3v) is 10.3. The van der Waals surface area contributed by atoms with E-state index in [0.29, 0.717) is 37.8 Å². The number of nitrogens with one attached hydrogen (secondary N) is 1. The summed E-state index contributed by atoms with van der Waals surface area (Å²) < 4.78 is 18.7. The molecule has 1 spiro atoms. The molecule has 4 aliphatic heterocycles. The summed E-state index contributed by atoms with van der Waals surface area (Å²) >= 11 is 0. The fraction of sp³-hybridized carbons (Fsp3) is 0.641. The van der Waals surface area contributed by atoms with Crippen LogP contribution in [0.5, 0.6) is 0 Å². The summed E-state index contributed by atoms with van der Waals surface area (Å²) in [7, 11) is 1.52. The number of aliphatic hydroxyl groups is 1. The van der Waals surface area contributed by atoms with E-state index in [2.05, 4.69) is 39.9 Å². The maximum Gasteiger partial charge on any atom is 0.313 e. The zero-order valence-corrected chi connectivity index (χ0v) is 30.4. The molecule has 1 aromatic carbocycles. The number of carbonyl (C=O) groups excluding carboxylic acids is 4. The Kier molecular flexibility index (Phi) is 11.6. The van der Waals surface area contributed by atoms with Crippen molar-refractivity contribution in [1.29, 1.82) is 0 Å². The molecule has 2 fully saturated rings. The zero-order valence-electron chi connectivity index (χ0n) is 30.4. The highest BCUT2D eigenvalue weighted by Gasteiger charge is 2.72.